The van der Waals surface area contributed by atoms with Crippen molar-refractivity contribution in [2.45, 2.75) is 24.3 Å². The Morgan fingerprint density at radius 1 is 1.47 bits per heavy atom. The molecular weight excluding hydrogens is 232 g/mol. The Morgan fingerprint density at radius 2 is 2.12 bits per heavy atom. The van der Waals surface area contributed by atoms with Gasteiger partial charge in [0.1, 0.15) is 0 Å². The molecule has 0 aliphatic carbocycles. The fraction of sp³-hybridized carbons (Fsp3) is 0.385. The summed E-state index contributed by atoms with van der Waals surface area (Å²) in [6, 6.07) is 11.9. The van der Waals surface area contributed by atoms with Crippen LogP contribution in [0.1, 0.15) is 13.3 Å². The Balaban J connectivity index is 2.42. The molecule has 0 aliphatic rings. The maximum Gasteiger partial charge on any atom is 0.232 e. The lowest BCUT2D eigenvalue weighted by Crippen LogP contribution is -2.36. The van der Waals surface area contributed by atoms with Crippen LogP contribution in [-0.2, 0) is 4.79 Å². The van der Waals surface area contributed by atoms with E-state index in [1.807, 2.05) is 37.3 Å². The highest BCUT2D eigenvalue weighted by molar-refractivity contribution is 8.00. The number of hydrogen-bond donors (Lipinski definition) is 0. The molecule has 17 heavy (non-hydrogen) atoms. The van der Waals surface area contributed by atoms with Gasteiger partial charge in [0.15, 0.2) is 0 Å². The predicted molar refractivity (Wildman–Crippen MR) is 69.6 cm³/mol. The van der Waals surface area contributed by atoms with Crippen molar-refractivity contribution >= 4 is 17.7 Å². The Labute approximate surface area is 106 Å². The second-order valence-electron chi connectivity index (χ2n) is 3.82. The van der Waals surface area contributed by atoms with Crippen LogP contribution in [0.3, 0.4) is 0 Å². The minimum atomic E-state index is -0.0242. The second-order valence-corrected chi connectivity index (χ2v) is 4.87. The summed E-state index contributed by atoms with van der Waals surface area (Å²) in [4.78, 5) is 14.6. The highest BCUT2D eigenvalue weighted by Gasteiger charge is 2.15. The summed E-state index contributed by atoms with van der Waals surface area (Å²) in [6.07, 6.45) is 0.373. The van der Waals surface area contributed by atoms with E-state index in [0.717, 1.165) is 4.90 Å². The molecule has 0 heterocycles. The molecular formula is C13H16N2OS. The number of carbonyl (C=O) groups excluding carboxylic acids is 1. The molecule has 0 saturated carbocycles. The summed E-state index contributed by atoms with van der Waals surface area (Å²) in [5.74, 6) is 0.470. The van der Waals surface area contributed by atoms with Gasteiger partial charge in [-0.2, -0.15) is 5.26 Å². The maximum absolute atomic E-state index is 11.8. The third kappa shape index (κ3) is 4.49. The Morgan fingerprint density at radius 3 is 2.71 bits per heavy atom. The van der Waals surface area contributed by atoms with Crippen LogP contribution in [-0.4, -0.2) is 29.6 Å². The number of nitriles is 1. The lowest BCUT2D eigenvalue weighted by Gasteiger charge is -2.22. The van der Waals surface area contributed by atoms with E-state index in [-0.39, 0.29) is 11.9 Å². The van der Waals surface area contributed by atoms with Crippen molar-refractivity contribution in [3.8, 4) is 6.07 Å². The van der Waals surface area contributed by atoms with Crippen LogP contribution in [0.15, 0.2) is 35.2 Å². The summed E-state index contributed by atoms with van der Waals surface area (Å²) in [5, 5.41) is 8.58. The zero-order valence-corrected chi connectivity index (χ0v) is 10.9. The highest BCUT2D eigenvalue weighted by Crippen LogP contribution is 2.17. The van der Waals surface area contributed by atoms with Gasteiger partial charge in [-0.25, -0.2) is 0 Å². The zero-order chi connectivity index (χ0) is 12.7. The van der Waals surface area contributed by atoms with E-state index in [4.69, 9.17) is 5.26 Å². The summed E-state index contributed by atoms with van der Waals surface area (Å²) >= 11 is 1.52. The number of carbonyl (C=O) groups is 1. The number of rotatable bonds is 5. The van der Waals surface area contributed by atoms with Gasteiger partial charge in [0, 0.05) is 18.0 Å². The first-order valence-corrected chi connectivity index (χ1v) is 6.44. The topological polar surface area (TPSA) is 44.1 Å². The van der Waals surface area contributed by atoms with Crippen LogP contribution in [0.4, 0.5) is 0 Å². The average Bonchev–Trinajstić information content (AvgIpc) is 2.36. The molecule has 0 aliphatic heterocycles. The van der Waals surface area contributed by atoms with E-state index in [0.29, 0.717) is 12.2 Å². The van der Waals surface area contributed by atoms with Crippen LogP contribution >= 0.6 is 11.8 Å². The first-order valence-electron chi connectivity index (χ1n) is 5.45. The fourth-order valence-electron chi connectivity index (χ4n) is 1.28. The molecule has 0 radical (unpaired) electrons. The van der Waals surface area contributed by atoms with E-state index >= 15 is 0 Å². The van der Waals surface area contributed by atoms with Gasteiger partial charge < -0.3 is 4.90 Å². The molecule has 0 N–H and O–H groups in total. The third-order valence-electron chi connectivity index (χ3n) is 2.55. The summed E-state index contributed by atoms with van der Waals surface area (Å²) < 4.78 is 0. The van der Waals surface area contributed by atoms with Gasteiger partial charge in [-0.05, 0) is 19.1 Å². The molecule has 1 rings (SSSR count). The molecule has 0 aromatic heterocycles. The predicted octanol–water partition coefficient (Wildman–Crippen LogP) is 2.54. The first-order chi connectivity index (χ1) is 8.15. The summed E-state index contributed by atoms with van der Waals surface area (Å²) in [7, 11) is 1.75. The molecule has 1 aromatic carbocycles. The van der Waals surface area contributed by atoms with Crippen molar-refractivity contribution < 1.29 is 4.79 Å². The van der Waals surface area contributed by atoms with Crippen molar-refractivity contribution in [1.82, 2.24) is 4.90 Å². The van der Waals surface area contributed by atoms with Gasteiger partial charge in [-0.1, -0.05) is 18.2 Å². The molecule has 90 valence electrons. The molecule has 0 spiro atoms. The van der Waals surface area contributed by atoms with Gasteiger partial charge in [0.25, 0.3) is 0 Å². The summed E-state index contributed by atoms with van der Waals surface area (Å²) in [5.41, 5.74) is 0. The molecule has 1 amide bonds. The van der Waals surface area contributed by atoms with Crippen LogP contribution in [0.5, 0.6) is 0 Å². The summed E-state index contributed by atoms with van der Waals surface area (Å²) in [6.45, 7) is 1.88. The molecule has 1 atom stereocenters. The standard InChI is InChI=1S/C13H16N2OS/c1-11(8-9-14)15(2)13(16)10-17-12-6-4-3-5-7-12/h3-7,11H,8,10H2,1-2H3. The Bertz CT molecular complexity index is 400. The monoisotopic (exact) mass is 248 g/mol. The number of hydrogen-bond acceptors (Lipinski definition) is 3. The largest absolute Gasteiger partial charge is 0.341 e. The SMILES string of the molecule is CC(CC#N)N(C)C(=O)CSc1ccccc1. The first kappa shape index (κ1) is 13.6. The van der Waals surface area contributed by atoms with E-state index < -0.39 is 0 Å². The van der Waals surface area contributed by atoms with Crippen molar-refractivity contribution in [2.24, 2.45) is 0 Å². The zero-order valence-electron chi connectivity index (χ0n) is 10.1. The van der Waals surface area contributed by atoms with Crippen LogP contribution in [0.2, 0.25) is 0 Å². The van der Waals surface area contributed by atoms with E-state index in [1.165, 1.54) is 11.8 Å². The third-order valence-corrected chi connectivity index (χ3v) is 3.54. The van der Waals surface area contributed by atoms with Crippen molar-refractivity contribution in [3.63, 3.8) is 0 Å². The smallest absolute Gasteiger partial charge is 0.232 e. The molecule has 0 saturated heterocycles. The Hall–Kier alpha value is -1.47. The van der Waals surface area contributed by atoms with Gasteiger partial charge in [-0.3, -0.25) is 4.79 Å². The highest BCUT2D eigenvalue weighted by atomic mass is 32.2. The Kier molecular flexibility index (Phi) is 5.58. The van der Waals surface area contributed by atoms with E-state index in [2.05, 4.69) is 6.07 Å². The van der Waals surface area contributed by atoms with Crippen LogP contribution in [0.25, 0.3) is 0 Å². The normalized spacial score (nSPS) is 11.6. The van der Waals surface area contributed by atoms with E-state index in [1.54, 1.807) is 11.9 Å². The van der Waals surface area contributed by atoms with Crippen molar-refractivity contribution in [2.75, 3.05) is 12.8 Å². The van der Waals surface area contributed by atoms with E-state index in [9.17, 15) is 4.79 Å². The van der Waals surface area contributed by atoms with Gasteiger partial charge >= 0.3 is 0 Å². The number of nitrogens with zero attached hydrogens (tertiary/aromatic N) is 2. The second kappa shape index (κ2) is 6.97. The van der Waals surface area contributed by atoms with Crippen molar-refractivity contribution in [1.29, 1.82) is 5.26 Å². The number of amides is 1. The average molecular weight is 248 g/mol. The fourth-order valence-corrected chi connectivity index (χ4v) is 2.12. The molecule has 1 aromatic rings. The van der Waals surface area contributed by atoms with Gasteiger partial charge in [0.2, 0.25) is 5.91 Å². The molecule has 4 heteroatoms. The molecule has 0 bridgehead atoms. The maximum atomic E-state index is 11.8. The van der Waals surface area contributed by atoms with Crippen LogP contribution in [0, 0.1) is 11.3 Å². The van der Waals surface area contributed by atoms with Crippen molar-refractivity contribution in [3.05, 3.63) is 30.3 Å². The van der Waals surface area contributed by atoms with Gasteiger partial charge in [-0.15, -0.1) is 11.8 Å². The lowest BCUT2D eigenvalue weighted by molar-refractivity contribution is -0.128. The number of thioether (sulfide) groups is 1. The number of benzene rings is 1. The quantitative estimate of drug-likeness (QED) is 0.752. The minimum Gasteiger partial charge on any atom is -0.341 e. The van der Waals surface area contributed by atoms with Gasteiger partial charge in [0.05, 0.1) is 18.2 Å². The molecule has 1 unspecified atom stereocenters. The van der Waals surface area contributed by atoms with Crippen LogP contribution < -0.4 is 0 Å². The lowest BCUT2D eigenvalue weighted by atomic mass is 10.2. The molecule has 0 fully saturated rings. The molecule has 3 nitrogen and oxygen atoms in total. The minimum absolute atomic E-state index is 0.0242.